The zero-order valence-electron chi connectivity index (χ0n) is 17.5. The van der Waals surface area contributed by atoms with E-state index in [0.717, 1.165) is 4.90 Å². The smallest absolute Gasteiger partial charge is 0.251 e. The molecule has 2 spiro atoms. The second-order valence-corrected chi connectivity index (χ2v) is 8.67. The summed E-state index contributed by atoms with van der Waals surface area (Å²) in [6.45, 7) is 5.31. The lowest BCUT2D eigenvalue weighted by atomic mass is 9.82. The van der Waals surface area contributed by atoms with Gasteiger partial charge in [0.2, 0.25) is 11.8 Å². The van der Waals surface area contributed by atoms with Crippen molar-refractivity contribution in [1.82, 2.24) is 14.7 Å². The predicted octanol–water partition coefficient (Wildman–Crippen LogP) is -2.64. The fourth-order valence-corrected chi connectivity index (χ4v) is 5.47. The number of amides is 4. The minimum atomic E-state index is -1.28. The molecule has 166 valence electrons. The second-order valence-electron chi connectivity index (χ2n) is 8.67. The van der Waals surface area contributed by atoms with Crippen LogP contribution in [0, 0.1) is 0 Å². The molecular formula is C19H28N4O7. The van der Waals surface area contributed by atoms with E-state index < -0.39 is 59.0 Å². The van der Waals surface area contributed by atoms with Gasteiger partial charge in [0.1, 0.15) is 23.2 Å². The summed E-state index contributed by atoms with van der Waals surface area (Å²) < 4.78 is 0. The van der Waals surface area contributed by atoms with Crippen molar-refractivity contribution in [2.75, 3.05) is 13.1 Å². The maximum Gasteiger partial charge on any atom is 0.251 e. The minimum Gasteiger partial charge on any atom is -0.391 e. The van der Waals surface area contributed by atoms with E-state index in [1.165, 1.54) is 37.5 Å². The molecule has 3 aliphatic rings. The highest BCUT2D eigenvalue weighted by Gasteiger charge is 2.74. The summed E-state index contributed by atoms with van der Waals surface area (Å²) >= 11 is 0. The van der Waals surface area contributed by atoms with E-state index in [9.17, 15) is 34.2 Å². The highest BCUT2D eigenvalue weighted by molar-refractivity contribution is 6.06. The Morgan fingerprint density at radius 3 is 1.57 bits per heavy atom. The molecule has 0 bridgehead atoms. The van der Waals surface area contributed by atoms with Crippen molar-refractivity contribution in [2.45, 2.75) is 75.9 Å². The molecular weight excluding hydrogens is 396 g/mol. The number of Topliss-reactive ketones (excluding diaryl/α,β-unsaturated/α-hetero) is 1. The van der Waals surface area contributed by atoms with Gasteiger partial charge in [-0.1, -0.05) is 0 Å². The molecule has 3 saturated heterocycles. The molecule has 0 radical (unpaired) electrons. The Bertz CT molecular complexity index is 768. The van der Waals surface area contributed by atoms with E-state index in [1.807, 2.05) is 0 Å². The molecule has 3 aliphatic heterocycles. The third-order valence-electron chi connectivity index (χ3n) is 6.60. The van der Waals surface area contributed by atoms with Gasteiger partial charge in [-0.2, -0.15) is 0 Å². The number of aliphatic hydroxyl groups excluding tert-OH is 2. The third-order valence-corrected chi connectivity index (χ3v) is 6.60. The Balaban J connectivity index is 1.89. The number of primary amides is 1. The Morgan fingerprint density at radius 1 is 0.900 bits per heavy atom. The first-order valence-corrected chi connectivity index (χ1v) is 9.91. The van der Waals surface area contributed by atoms with Crippen molar-refractivity contribution in [3.8, 4) is 0 Å². The van der Waals surface area contributed by atoms with Crippen LogP contribution in [0.1, 0.15) is 40.5 Å². The van der Waals surface area contributed by atoms with Gasteiger partial charge in [-0.25, -0.2) is 0 Å². The topological polar surface area (TPSA) is 162 Å². The number of nitrogens with two attached hydrogens (primary N) is 1. The van der Waals surface area contributed by atoms with Gasteiger partial charge in [-0.15, -0.1) is 0 Å². The lowest BCUT2D eigenvalue weighted by molar-refractivity contribution is -0.194. The first-order valence-electron chi connectivity index (χ1n) is 9.91. The summed E-state index contributed by atoms with van der Waals surface area (Å²) in [5.41, 5.74) is 2.78. The van der Waals surface area contributed by atoms with E-state index in [4.69, 9.17) is 5.73 Å². The number of hydrogen-bond acceptors (Lipinski definition) is 7. The van der Waals surface area contributed by atoms with Crippen molar-refractivity contribution < 1.29 is 34.2 Å². The molecule has 30 heavy (non-hydrogen) atoms. The van der Waals surface area contributed by atoms with Gasteiger partial charge in [0.05, 0.1) is 25.3 Å². The van der Waals surface area contributed by atoms with Gasteiger partial charge in [0.25, 0.3) is 11.8 Å². The van der Waals surface area contributed by atoms with Crippen LogP contribution in [0.4, 0.5) is 0 Å². The Morgan fingerprint density at radius 2 is 1.30 bits per heavy atom. The molecule has 4 amide bonds. The van der Waals surface area contributed by atoms with Crippen molar-refractivity contribution in [2.24, 2.45) is 5.73 Å². The van der Waals surface area contributed by atoms with Crippen LogP contribution < -0.4 is 5.73 Å². The van der Waals surface area contributed by atoms with Gasteiger partial charge in [-0.05, 0) is 33.6 Å². The molecule has 0 aliphatic carbocycles. The summed E-state index contributed by atoms with van der Waals surface area (Å²) in [6, 6.07) is -2.24. The monoisotopic (exact) mass is 424 g/mol. The largest absolute Gasteiger partial charge is 0.391 e. The number of carbonyl (C=O) groups is 5. The summed E-state index contributed by atoms with van der Waals surface area (Å²) in [5, 5.41) is 19.8. The van der Waals surface area contributed by atoms with Gasteiger partial charge < -0.3 is 30.6 Å². The van der Waals surface area contributed by atoms with Gasteiger partial charge >= 0.3 is 0 Å². The molecule has 3 heterocycles. The number of aliphatic hydroxyl groups is 2. The number of ketones is 1. The fraction of sp³-hybridized carbons (Fsp3) is 0.737. The number of hydrogen-bond donors (Lipinski definition) is 3. The molecule has 0 saturated carbocycles. The summed E-state index contributed by atoms with van der Waals surface area (Å²) in [6.07, 6.45) is -1.82. The van der Waals surface area contributed by atoms with Crippen LogP contribution in [0.5, 0.6) is 0 Å². The molecule has 2 unspecified atom stereocenters. The molecule has 11 heteroatoms. The van der Waals surface area contributed by atoms with Crippen LogP contribution in [0.15, 0.2) is 0 Å². The van der Waals surface area contributed by atoms with Gasteiger partial charge in [0, 0.05) is 6.92 Å². The molecule has 0 aromatic carbocycles. The summed E-state index contributed by atoms with van der Waals surface area (Å²) in [5.74, 6) is -2.73. The van der Waals surface area contributed by atoms with E-state index in [-0.39, 0.29) is 31.7 Å². The van der Waals surface area contributed by atoms with E-state index in [1.54, 1.807) is 0 Å². The maximum atomic E-state index is 13.1. The van der Waals surface area contributed by atoms with Crippen molar-refractivity contribution >= 4 is 29.4 Å². The first kappa shape index (κ1) is 22.2. The Labute approximate surface area is 173 Å². The molecule has 6 atom stereocenters. The number of likely N-dealkylation sites (tertiary alicyclic amines) is 3. The highest BCUT2D eigenvalue weighted by Crippen LogP contribution is 2.52. The van der Waals surface area contributed by atoms with Gasteiger partial charge in [-0.3, -0.25) is 24.0 Å². The average molecular weight is 424 g/mol. The van der Waals surface area contributed by atoms with E-state index >= 15 is 0 Å². The molecule has 4 N–H and O–H groups in total. The minimum absolute atomic E-state index is 0.0223. The number of β-lactam (4-membered cyclic amide) rings is 2. The summed E-state index contributed by atoms with van der Waals surface area (Å²) in [4.78, 5) is 66.1. The molecule has 0 aromatic rings. The number of carbonyl (C=O) groups excluding carboxylic acids is 5. The SMILES string of the molecule is CC(=O)[C@H]([C@@H](C)O)N1CC2(CCC3(CN([C@H](C(N)=O)[C@@H](C)O)C3=O)N2C(C)=O)C1=O. The molecule has 11 nitrogen and oxygen atoms in total. The van der Waals surface area contributed by atoms with Crippen LogP contribution in [0.25, 0.3) is 0 Å². The van der Waals surface area contributed by atoms with Crippen molar-refractivity contribution in [3.63, 3.8) is 0 Å². The molecule has 3 fully saturated rings. The third kappa shape index (κ3) is 2.75. The normalized spacial score (nSPS) is 32.0. The zero-order chi connectivity index (χ0) is 22.8. The molecule has 0 aromatic heterocycles. The summed E-state index contributed by atoms with van der Waals surface area (Å²) in [7, 11) is 0. The lowest BCUT2D eigenvalue weighted by Crippen LogP contribution is -2.83. The number of rotatable bonds is 6. The van der Waals surface area contributed by atoms with Crippen LogP contribution in [0.2, 0.25) is 0 Å². The van der Waals surface area contributed by atoms with Crippen LogP contribution in [0.3, 0.4) is 0 Å². The molecule has 3 rings (SSSR count). The Hall–Kier alpha value is -2.53. The quantitative estimate of drug-likeness (QED) is 0.393. The van der Waals surface area contributed by atoms with Crippen LogP contribution >= 0.6 is 0 Å². The maximum absolute atomic E-state index is 13.1. The zero-order valence-corrected chi connectivity index (χ0v) is 17.5. The van der Waals surface area contributed by atoms with Crippen molar-refractivity contribution in [3.05, 3.63) is 0 Å². The van der Waals surface area contributed by atoms with Crippen LogP contribution in [-0.2, 0) is 24.0 Å². The fourth-order valence-electron chi connectivity index (χ4n) is 5.47. The standard InChI is InChI=1S/C19H28N4O7/c1-9(24)13(10(2)25)21-7-18(16(21)29)5-6-19(23(18)12(4)27)8-22(17(19)30)14(11(3)26)15(20)28/h9,11,13-14,24,26H,5-8H2,1-4H3,(H2,20,28)/t9-,11-,13+,14+,18?,19?/m1/s1. The predicted molar refractivity (Wildman–Crippen MR) is 101 cm³/mol. The van der Waals surface area contributed by atoms with Crippen molar-refractivity contribution in [1.29, 1.82) is 0 Å². The highest BCUT2D eigenvalue weighted by atomic mass is 16.3. The van der Waals surface area contributed by atoms with E-state index in [0.29, 0.717) is 0 Å². The van der Waals surface area contributed by atoms with Crippen LogP contribution in [-0.4, -0.2) is 103 Å². The second kappa shape index (κ2) is 7.02. The van der Waals surface area contributed by atoms with Gasteiger partial charge in [0.15, 0.2) is 5.78 Å². The lowest BCUT2D eigenvalue weighted by Gasteiger charge is -2.60. The number of nitrogens with zero attached hydrogens (tertiary/aromatic N) is 3. The Kier molecular flexibility index (Phi) is 5.18. The average Bonchev–Trinajstić information content (AvgIpc) is 2.99. The van der Waals surface area contributed by atoms with E-state index in [2.05, 4.69) is 0 Å². The first-order chi connectivity index (χ1) is 13.8.